The maximum atomic E-state index is 12.6. The standard InChI is InChI=1S/C21H20N4O3/c22-11-18-10-20(25-13-24-18)23-12-15-2-1-3-17(8-15)19(26)9-14-4-6-16(7-5-14)21(27)28/h1-8,10,13H,9,11-12,22H2,(H,27,28)(H,23,24,25). The van der Waals surface area contributed by atoms with Crippen LogP contribution in [0.3, 0.4) is 0 Å². The fourth-order valence-electron chi connectivity index (χ4n) is 2.71. The molecule has 7 heteroatoms. The minimum atomic E-state index is -0.986. The van der Waals surface area contributed by atoms with Gasteiger partial charge in [0.15, 0.2) is 5.78 Å². The van der Waals surface area contributed by atoms with Crippen LogP contribution in [0, 0.1) is 0 Å². The number of ketones is 1. The van der Waals surface area contributed by atoms with E-state index in [9.17, 15) is 9.59 Å². The number of nitrogens with zero attached hydrogens (tertiary/aromatic N) is 2. The second kappa shape index (κ2) is 8.88. The molecule has 0 saturated carbocycles. The number of hydrogen-bond acceptors (Lipinski definition) is 6. The van der Waals surface area contributed by atoms with E-state index in [2.05, 4.69) is 15.3 Å². The number of carboxylic acids is 1. The third kappa shape index (κ3) is 4.99. The average Bonchev–Trinajstić information content (AvgIpc) is 2.73. The van der Waals surface area contributed by atoms with Gasteiger partial charge in [-0.1, -0.05) is 30.3 Å². The first kappa shape index (κ1) is 19.2. The molecule has 1 heterocycles. The highest BCUT2D eigenvalue weighted by Gasteiger charge is 2.09. The van der Waals surface area contributed by atoms with Crippen LogP contribution >= 0.6 is 0 Å². The minimum absolute atomic E-state index is 0.0302. The van der Waals surface area contributed by atoms with Gasteiger partial charge in [-0.05, 0) is 29.3 Å². The van der Waals surface area contributed by atoms with Crippen LogP contribution in [0.2, 0.25) is 0 Å². The molecule has 28 heavy (non-hydrogen) atoms. The number of carboxylic acid groups (broad SMARTS) is 1. The third-order valence-corrected chi connectivity index (χ3v) is 4.22. The van der Waals surface area contributed by atoms with E-state index in [1.807, 2.05) is 18.2 Å². The van der Waals surface area contributed by atoms with Crippen molar-refractivity contribution in [3.63, 3.8) is 0 Å². The predicted molar refractivity (Wildman–Crippen MR) is 105 cm³/mol. The summed E-state index contributed by atoms with van der Waals surface area (Å²) < 4.78 is 0. The maximum Gasteiger partial charge on any atom is 0.335 e. The summed E-state index contributed by atoms with van der Waals surface area (Å²) in [6.07, 6.45) is 1.67. The molecule has 0 amide bonds. The molecule has 0 fully saturated rings. The molecule has 0 aliphatic heterocycles. The first-order chi connectivity index (χ1) is 13.5. The summed E-state index contributed by atoms with van der Waals surface area (Å²) in [5.41, 5.74) is 8.85. The first-order valence-corrected chi connectivity index (χ1v) is 8.74. The van der Waals surface area contributed by atoms with Crippen LogP contribution in [-0.4, -0.2) is 26.8 Å². The summed E-state index contributed by atoms with van der Waals surface area (Å²) in [6, 6.07) is 15.5. The second-order valence-corrected chi connectivity index (χ2v) is 6.25. The van der Waals surface area contributed by atoms with Crippen molar-refractivity contribution in [1.82, 2.24) is 9.97 Å². The van der Waals surface area contributed by atoms with E-state index in [4.69, 9.17) is 10.8 Å². The van der Waals surface area contributed by atoms with Crippen LogP contribution in [0.25, 0.3) is 0 Å². The maximum absolute atomic E-state index is 12.6. The van der Waals surface area contributed by atoms with Gasteiger partial charge in [0.25, 0.3) is 0 Å². The molecule has 3 rings (SSSR count). The Balaban J connectivity index is 1.64. The highest BCUT2D eigenvalue weighted by atomic mass is 16.4. The van der Waals surface area contributed by atoms with Crippen molar-refractivity contribution in [2.24, 2.45) is 5.73 Å². The molecule has 0 saturated heterocycles. The topological polar surface area (TPSA) is 118 Å². The van der Waals surface area contributed by atoms with Gasteiger partial charge in [-0.2, -0.15) is 0 Å². The second-order valence-electron chi connectivity index (χ2n) is 6.25. The number of rotatable bonds is 8. The number of nitrogens with one attached hydrogen (secondary N) is 1. The van der Waals surface area contributed by atoms with Gasteiger partial charge >= 0.3 is 5.97 Å². The van der Waals surface area contributed by atoms with Crippen molar-refractivity contribution in [3.8, 4) is 0 Å². The number of aromatic carboxylic acids is 1. The van der Waals surface area contributed by atoms with Crippen molar-refractivity contribution < 1.29 is 14.7 Å². The van der Waals surface area contributed by atoms with Crippen LogP contribution in [0.15, 0.2) is 60.9 Å². The lowest BCUT2D eigenvalue weighted by atomic mass is 10.0. The minimum Gasteiger partial charge on any atom is -0.478 e. The van der Waals surface area contributed by atoms with Gasteiger partial charge < -0.3 is 16.2 Å². The lowest BCUT2D eigenvalue weighted by Crippen LogP contribution is -2.07. The zero-order valence-electron chi connectivity index (χ0n) is 15.1. The zero-order chi connectivity index (χ0) is 19.9. The Bertz CT molecular complexity index is 987. The number of aromatic nitrogens is 2. The molecule has 0 atom stereocenters. The van der Waals surface area contributed by atoms with Gasteiger partial charge in [0.2, 0.25) is 0 Å². The fourth-order valence-corrected chi connectivity index (χ4v) is 2.71. The summed E-state index contributed by atoms with van der Waals surface area (Å²) in [6.45, 7) is 0.851. The Morgan fingerprint density at radius 1 is 0.964 bits per heavy atom. The van der Waals surface area contributed by atoms with Crippen molar-refractivity contribution in [1.29, 1.82) is 0 Å². The van der Waals surface area contributed by atoms with E-state index in [0.29, 0.717) is 24.5 Å². The largest absolute Gasteiger partial charge is 0.478 e. The number of carbonyl (C=O) groups is 2. The number of nitrogens with two attached hydrogens (primary N) is 1. The van der Waals surface area contributed by atoms with E-state index in [1.54, 1.807) is 24.3 Å². The van der Waals surface area contributed by atoms with Gasteiger partial charge in [0.1, 0.15) is 12.1 Å². The third-order valence-electron chi connectivity index (χ3n) is 4.22. The SMILES string of the molecule is NCc1cc(NCc2cccc(C(=O)Cc3ccc(C(=O)O)cc3)c2)ncn1. The number of Topliss-reactive ketones (excluding diaryl/α,β-unsaturated/α-hetero) is 1. The average molecular weight is 376 g/mol. The summed E-state index contributed by atoms with van der Waals surface area (Å²) in [7, 11) is 0. The van der Waals surface area contributed by atoms with Crippen LogP contribution < -0.4 is 11.1 Å². The van der Waals surface area contributed by atoms with Gasteiger partial charge in [-0.15, -0.1) is 0 Å². The quantitative estimate of drug-likeness (QED) is 0.517. The molecule has 0 spiro atoms. The Hall–Kier alpha value is -3.58. The highest BCUT2D eigenvalue weighted by molar-refractivity contribution is 5.97. The zero-order valence-corrected chi connectivity index (χ0v) is 15.1. The molecule has 142 valence electrons. The Kier molecular flexibility index (Phi) is 6.08. The van der Waals surface area contributed by atoms with Gasteiger partial charge in [0, 0.05) is 31.1 Å². The van der Waals surface area contributed by atoms with Crippen LogP contribution in [-0.2, 0) is 19.5 Å². The van der Waals surface area contributed by atoms with Crippen molar-refractivity contribution in [3.05, 3.63) is 88.9 Å². The van der Waals surface area contributed by atoms with Crippen molar-refractivity contribution >= 4 is 17.6 Å². The Labute approximate surface area is 162 Å². The molecular formula is C21H20N4O3. The molecule has 4 N–H and O–H groups in total. The fraction of sp³-hybridized carbons (Fsp3) is 0.143. The first-order valence-electron chi connectivity index (χ1n) is 8.74. The molecule has 0 radical (unpaired) electrons. The monoisotopic (exact) mass is 376 g/mol. The molecule has 1 aromatic heterocycles. The predicted octanol–water partition coefficient (Wildman–Crippen LogP) is 2.67. The molecule has 7 nitrogen and oxygen atoms in total. The van der Waals surface area contributed by atoms with Gasteiger partial charge in [-0.3, -0.25) is 4.79 Å². The van der Waals surface area contributed by atoms with Gasteiger partial charge in [-0.25, -0.2) is 14.8 Å². The summed E-state index contributed by atoms with van der Waals surface area (Å²) in [5.74, 6) is -0.344. The Morgan fingerprint density at radius 2 is 1.75 bits per heavy atom. The van der Waals surface area contributed by atoms with E-state index in [1.165, 1.54) is 18.5 Å². The normalized spacial score (nSPS) is 10.5. The van der Waals surface area contributed by atoms with Crippen LogP contribution in [0.5, 0.6) is 0 Å². The number of hydrogen-bond donors (Lipinski definition) is 3. The number of anilines is 1. The number of benzene rings is 2. The molecule has 3 aromatic rings. The molecular weight excluding hydrogens is 356 g/mol. The van der Waals surface area contributed by atoms with E-state index in [0.717, 1.165) is 16.8 Å². The highest BCUT2D eigenvalue weighted by Crippen LogP contribution is 2.13. The molecule has 0 bridgehead atoms. The Morgan fingerprint density at radius 3 is 2.46 bits per heavy atom. The summed E-state index contributed by atoms with van der Waals surface area (Å²) in [5, 5.41) is 12.1. The van der Waals surface area contributed by atoms with Crippen molar-refractivity contribution in [2.75, 3.05) is 5.32 Å². The van der Waals surface area contributed by atoms with Crippen molar-refractivity contribution in [2.45, 2.75) is 19.5 Å². The summed E-state index contributed by atoms with van der Waals surface area (Å²) in [4.78, 5) is 31.7. The van der Waals surface area contributed by atoms with Crippen LogP contribution in [0.1, 0.15) is 37.5 Å². The lowest BCUT2D eigenvalue weighted by Gasteiger charge is -2.08. The van der Waals surface area contributed by atoms with Gasteiger partial charge in [0.05, 0.1) is 11.3 Å². The van der Waals surface area contributed by atoms with E-state index >= 15 is 0 Å². The number of carbonyl (C=O) groups excluding carboxylic acids is 1. The van der Waals surface area contributed by atoms with Crippen LogP contribution in [0.4, 0.5) is 5.82 Å². The molecule has 0 aliphatic rings. The molecule has 0 unspecified atom stereocenters. The lowest BCUT2D eigenvalue weighted by molar-refractivity contribution is 0.0696. The smallest absolute Gasteiger partial charge is 0.335 e. The summed E-state index contributed by atoms with van der Waals surface area (Å²) >= 11 is 0. The van der Waals surface area contributed by atoms with E-state index in [-0.39, 0.29) is 17.8 Å². The molecule has 0 aliphatic carbocycles. The van der Waals surface area contributed by atoms with E-state index < -0.39 is 5.97 Å². The molecule has 2 aromatic carbocycles.